The molecule has 0 radical (unpaired) electrons. The van der Waals surface area contributed by atoms with E-state index >= 15 is 0 Å². The van der Waals surface area contributed by atoms with Gasteiger partial charge < -0.3 is 9.55 Å². The molecule has 2 heterocycles. The van der Waals surface area contributed by atoms with Crippen molar-refractivity contribution in [3.63, 3.8) is 0 Å². The Bertz CT molecular complexity index is 656. The average molecular weight is 300 g/mol. The van der Waals surface area contributed by atoms with Crippen LogP contribution in [0.5, 0.6) is 0 Å². The van der Waals surface area contributed by atoms with Crippen LogP contribution in [0.4, 0.5) is 8.78 Å². The van der Waals surface area contributed by atoms with Crippen LogP contribution in [0.1, 0.15) is 19.3 Å². The number of nitrogens with one attached hydrogen (secondary N) is 1. The maximum atomic E-state index is 14.0. The number of hydrogen-bond acceptors (Lipinski definition) is 2. The van der Waals surface area contributed by atoms with Gasteiger partial charge in [0.1, 0.15) is 5.52 Å². The highest BCUT2D eigenvalue weighted by atomic mass is 32.2. The fourth-order valence-corrected chi connectivity index (χ4v) is 4.09. The molecule has 0 bridgehead atoms. The number of fused-ring (bicyclic) bond motifs is 1. The molecule has 1 aromatic carbocycles. The number of hydrogen-bond donors (Lipinski definition) is 1. The summed E-state index contributed by atoms with van der Waals surface area (Å²) in [5.74, 6) is -0.505. The van der Waals surface area contributed by atoms with Crippen molar-refractivity contribution < 1.29 is 8.78 Å². The zero-order valence-corrected chi connectivity index (χ0v) is 11.9. The molecule has 2 nitrogen and oxygen atoms in total. The third kappa shape index (κ3) is 2.43. The Morgan fingerprint density at radius 2 is 2.21 bits per heavy atom. The first-order valence-corrected chi connectivity index (χ1v) is 7.80. The Morgan fingerprint density at radius 1 is 1.37 bits per heavy atom. The summed E-state index contributed by atoms with van der Waals surface area (Å²) >= 11 is 7.12. The van der Waals surface area contributed by atoms with Crippen molar-refractivity contribution >= 4 is 35.0 Å². The molecule has 1 atom stereocenters. The number of rotatable bonds is 2. The Hall–Kier alpha value is -0.880. The monoisotopic (exact) mass is 300 g/mol. The SMILES string of the molecule is Fc1ccc2[nH]c(=S)n(CC3CCCCS3)c2c1F. The van der Waals surface area contributed by atoms with Gasteiger partial charge in [-0.1, -0.05) is 6.42 Å². The number of H-pyrrole nitrogens is 1. The molecule has 0 aliphatic carbocycles. The van der Waals surface area contributed by atoms with E-state index in [0.29, 0.717) is 22.1 Å². The van der Waals surface area contributed by atoms with E-state index < -0.39 is 11.6 Å². The van der Waals surface area contributed by atoms with Gasteiger partial charge in [-0.15, -0.1) is 0 Å². The lowest BCUT2D eigenvalue weighted by Gasteiger charge is -2.21. The molecule has 19 heavy (non-hydrogen) atoms. The third-order valence-corrected chi connectivity index (χ3v) is 5.19. The molecule has 3 rings (SSSR count). The number of benzene rings is 1. The van der Waals surface area contributed by atoms with Crippen molar-refractivity contribution in [3.8, 4) is 0 Å². The molecule has 1 saturated heterocycles. The fourth-order valence-electron chi connectivity index (χ4n) is 2.52. The van der Waals surface area contributed by atoms with Crippen molar-refractivity contribution in [1.82, 2.24) is 9.55 Å². The smallest absolute Gasteiger partial charge is 0.184 e. The summed E-state index contributed by atoms with van der Waals surface area (Å²) in [6.07, 6.45) is 3.55. The van der Waals surface area contributed by atoms with Crippen molar-refractivity contribution in [2.75, 3.05) is 5.75 Å². The predicted molar refractivity (Wildman–Crippen MR) is 77.1 cm³/mol. The number of nitrogens with zero attached hydrogens (tertiary/aromatic N) is 1. The fraction of sp³-hybridized carbons (Fsp3) is 0.462. The minimum atomic E-state index is -0.827. The van der Waals surface area contributed by atoms with Crippen molar-refractivity contribution in [3.05, 3.63) is 28.5 Å². The maximum absolute atomic E-state index is 14.0. The normalized spacial score (nSPS) is 20.0. The molecule has 1 fully saturated rings. The first-order valence-electron chi connectivity index (χ1n) is 6.35. The summed E-state index contributed by atoms with van der Waals surface area (Å²) in [6, 6.07) is 2.66. The van der Waals surface area contributed by atoms with Crippen LogP contribution in [0.2, 0.25) is 0 Å². The Morgan fingerprint density at radius 3 is 2.95 bits per heavy atom. The van der Waals surface area contributed by atoms with Gasteiger partial charge in [-0.3, -0.25) is 0 Å². The summed E-state index contributed by atoms with van der Waals surface area (Å²) in [5.41, 5.74) is 0.820. The van der Waals surface area contributed by atoms with E-state index in [1.807, 2.05) is 11.8 Å². The Balaban J connectivity index is 2.04. The molecular formula is C13H14F2N2S2. The van der Waals surface area contributed by atoms with Gasteiger partial charge in [0.25, 0.3) is 0 Å². The van der Waals surface area contributed by atoms with Crippen LogP contribution < -0.4 is 0 Å². The number of aromatic nitrogens is 2. The summed E-state index contributed by atoms with van der Waals surface area (Å²) in [6.45, 7) is 0.643. The van der Waals surface area contributed by atoms with Gasteiger partial charge in [-0.2, -0.15) is 11.8 Å². The van der Waals surface area contributed by atoms with Crippen LogP contribution in [0, 0.1) is 16.4 Å². The van der Waals surface area contributed by atoms with E-state index in [1.54, 1.807) is 4.57 Å². The Labute approximate surface area is 119 Å². The maximum Gasteiger partial charge on any atom is 0.184 e. The summed E-state index contributed by atoms with van der Waals surface area (Å²) < 4.78 is 29.5. The van der Waals surface area contributed by atoms with E-state index in [-0.39, 0.29) is 5.52 Å². The lowest BCUT2D eigenvalue weighted by molar-refractivity contribution is 0.508. The quantitative estimate of drug-likeness (QED) is 0.836. The van der Waals surface area contributed by atoms with Gasteiger partial charge in [0, 0.05) is 11.8 Å². The van der Waals surface area contributed by atoms with E-state index in [9.17, 15) is 8.78 Å². The van der Waals surface area contributed by atoms with Crippen LogP contribution in [0.25, 0.3) is 11.0 Å². The van der Waals surface area contributed by atoms with Gasteiger partial charge in [0.2, 0.25) is 0 Å². The van der Waals surface area contributed by atoms with E-state index in [2.05, 4.69) is 4.98 Å². The zero-order valence-electron chi connectivity index (χ0n) is 10.3. The van der Waals surface area contributed by atoms with Crippen molar-refractivity contribution in [2.45, 2.75) is 31.1 Å². The molecule has 1 unspecified atom stereocenters. The number of thioether (sulfide) groups is 1. The van der Waals surface area contributed by atoms with Crippen LogP contribution in [0.15, 0.2) is 12.1 Å². The lowest BCUT2D eigenvalue weighted by atomic mass is 10.2. The highest BCUT2D eigenvalue weighted by Crippen LogP contribution is 2.28. The molecule has 0 saturated carbocycles. The second-order valence-corrected chi connectivity index (χ2v) is 6.58. The summed E-state index contributed by atoms with van der Waals surface area (Å²) in [7, 11) is 0. The van der Waals surface area contributed by atoms with Crippen molar-refractivity contribution in [2.24, 2.45) is 0 Å². The molecule has 1 aliphatic heterocycles. The minimum absolute atomic E-state index is 0.260. The molecule has 1 N–H and O–H groups in total. The topological polar surface area (TPSA) is 20.7 Å². The van der Waals surface area contributed by atoms with E-state index in [4.69, 9.17) is 12.2 Å². The largest absolute Gasteiger partial charge is 0.330 e. The van der Waals surface area contributed by atoms with Gasteiger partial charge >= 0.3 is 0 Å². The van der Waals surface area contributed by atoms with Crippen molar-refractivity contribution in [1.29, 1.82) is 0 Å². The first-order chi connectivity index (χ1) is 9.16. The average Bonchev–Trinajstić information content (AvgIpc) is 2.73. The zero-order chi connectivity index (χ0) is 13.4. The van der Waals surface area contributed by atoms with Crippen LogP contribution in [0.3, 0.4) is 0 Å². The summed E-state index contributed by atoms with van der Waals surface area (Å²) in [5, 5.41) is 0.433. The lowest BCUT2D eigenvalue weighted by Crippen LogP contribution is -2.17. The van der Waals surface area contributed by atoms with Gasteiger partial charge in [0.05, 0.1) is 5.52 Å². The highest BCUT2D eigenvalue weighted by molar-refractivity contribution is 7.99. The van der Waals surface area contributed by atoms with Gasteiger partial charge in [-0.05, 0) is 42.9 Å². The summed E-state index contributed by atoms with van der Waals surface area (Å²) in [4.78, 5) is 2.95. The highest BCUT2D eigenvalue weighted by Gasteiger charge is 2.19. The number of imidazole rings is 1. The molecule has 0 spiro atoms. The Kier molecular flexibility index (Phi) is 3.62. The molecule has 2 aromatic rings. The van der Waals surface area contributed by atoms with Crippen LogP contribution in [-0.4, -0.2) is 20.6 Å². The molecular weight excluding hydrogens is 286 g/mol. The molecule has 1 aromatic heterocycles. The van der Waals surface area contributed by atoms with E-state index in [1.165, 1.54) is 18.9 Å². The van der Waals surface area contributed by atoms with Gasteiger partial charge in [-0.25, -0.2) is 8.78 Å². The number of aromatic amines is 1. The van der Waals surface area contributed by atoms with Gasteiger partial charge in [0.15, 0.2) is 16.4 Å². The number of halogens is 2. The second-order valence-electron chi connectivity index (χ2n) is 4.79. The van der Waals surface area contributed by atoms with Crippen LogP contribution in [-0.2, 0) is 6.54 Å². The molecule has 102 valence electrons. The molecule has 1 aliphatic rings. The predicted octanol–water partition coefficient (Wildman–Crippen LogP) is 4.26. The molecule has 6 heteroatoms. The van der Waals surface area contributed by atoms with Crippen LogP contribution >= 0.6 is 24.0 Å². The second kappa shape index (κ2) is 5.25. The standard InChI is InChI=1S/C13H14F2N2S2/c14-9-4-5-10-12(11(9)15)17(13(18)16-10)7-8-3-1-2-6-19-8/h4-5,8H,1-3,6-7H2,(H,16,18). The van der Waals surface area contributed by atoms with E-state index in [0.717, 1.165) is 18.2 Å². The first kappa shape index (κ1) is 13.1. The molecule has 0 amide bonds. The minimum Gasteiger partial charge on any atom is -0.330 e. The third-order valence-electron chi connectivity index (χ3n) is 3.49.